The maximum absolute atomic E-state index is 13.5. The average Bonchev–Trinajstić information content (AvgIpc) is 2.27. The summed E-state index contributed by atoms with van der Waals surface area (Å²) < 4.78 is 18.5. The molecule has 1 aromatic carbocycles. The zero-order valence-corrected chi connectivity index (χ0v) is 11.0. The molecule has 0 heterocycles. The predicted molar refractivity (Wildman–Crippen MR) is 68.0 cm³/mol. The lowest BCUT2D eigenvalue weighted by Crippen LogP contribution is -2.31. The Morgan fingerprint density at radius 2 is 1.94 bits per heavy atom. The highest BCUT2D eigenvalue weighted by Gasteiger charge is 2.23. The van der Waals surface area contributed by atoms with E-state index in [1.165, 1.54) is 25.3 Å². The average molecular weight is 264 g/mol. The van der Waals surface area contributed by atoms with E-state index in [-0.39, 0.29) is 23.9 Å². The van der Waals surface area contributed by atoms with Crippen molar-refractivity contribution in [2.75, 3.05) is 7.11 Å². The Bertz CT molecular complexity index is 360. The highest BCUT2D eigenvalue weighted by Crippen LogP contribution is 2.25. The molecule has 0 spiro atoms. The zero-order chi connectivity index (χ0) is 12.3. The molecule has 1 rings (SSSR count). The molecule has 1 aromatic rings. The van der Waals surface area contributed by atoms with Gasteiger partial charge in [-0.3, -0.25) is 0 Å². The fourth-order valence-electron chi connectivity index (χ4n) is 1.50. The normalized spacial score (nSPS) is 14.1. The number of nitrogens with two attached hydrogens (primary N) is 1. The van der Waals surface area contributed by atoms with Crippen molar-refractivity contribution in [2.45, 2.75) is 26.0 Å². The second-order valence-corrected chi connectivity index (χ2v) is 4.15. The molecular weight excluding hydrogens is 245 g/mol. The molecule has 17 heavy (non-hydrogen) atoms. The summed E-state index contributed by atoms with van der Waals surface area (Å²) in [6.07, 6.45) is -0.776. The summed E-state index contributed by atoms with van der Waals surface area (Å²) in [7, 11) is 1.50. The van der Waals surface area contributed by atoms with Crippen molar-refractivity contribution in [3.05, 3.63) is 29.6 Å². The van der Waals surface area contributed by atoms with Crippen LogP contribution in [-0.4, -0.2) is 18.3 Å². The number of hydrogen-bond donors (Lipinski definition) is 2. The Morgan fingerprint density at radius 1 is 1.35 bits per heavy atom. The minimum Gasteiger partial charge on any atom is -0.497 e. The van der Waals surface area contributed by atoms with Crippen LogP contribution >= 0.6 is 12.4 Å². The first-order valence-electron chi connectivity index (χ1n) is 5.24. The number of rotatable bonds is 4. The second kappa shape index (κ2) is 6.79. The molecule has 0 aliphatic heterocycles. The molecule has 3 nitrogen and oxygen atoms in total. The maximum Gasteiger partial charge on any atom is 0.128 e. The van der Waals surface area contributed by atoms with Gasteiger partial charge in [0.2, 0.25) is 0 Å². The topological polar surface area (TPSA) is 55.5 Å². The van der Waals surface area contributed by atoms with Crippen LogP contribution in [0.5, 0.6) is 5.75 Å². The SMILES string of the molecule is COc1ccc(F)c([C@@H](N)[C@@H](O)C(C)C)c1.Cl. The van der Waals surface area contributed by atoms with Gasteiger partial charge in [-0.05, 0) is 24.1 Å². The molecule has 3 N–H and O–H groups in total. The van der Waals surface area contributed by atoms with Crippen LogP contribution in [0.25, 0.3) is 0 Å². The van der Waals surface area contributed by atoms with E-state index < -0.39 is 18.0 Å². The van der Waals surface area contributed by atoms with Gasteiger partial charge in [0.25, 0.3) is 0 Å². The Kier molecular flexibility index (Phi) is 6.45. The minimum atomic E-state index is -0.776. The molecule has 0 aliphatic carbocycles. The third-order valence-corrected chi connectivity index (χ3v) is 2.61. The van der Waals surface area contributed by atoms with Gasteiger partial charge in [-0.1, -0.05) is 13.8 Å². The number of methoxy groups -OCH3 is 1. The first-order valence-corrected chi connectivity index (χ1v) is 5.24. The predicted octanol–water partition coefficient (Wildman–Crippen LogP) is 2.27. The summed E-state index contributed by atoms with van der Waals surface area (Å²) in [6, 6.07) is 3.59. The Labute approximate surface area is 107 Å². The van der Waals surface area contributed by atoms with Crippen LogP contribution < -0.4 is 10.5 Å². The van der Waals surface area contributed by atoms with Gasteiger partial charge in [-0.15, -0.1) is 12.4 Å². The Hall–Kier alpha value is -0.840. The number of ether oxygens (including phenoxy) is 1. The first kappa shape index (κ1) is 16.2. The van der Waals surface area contributed by atoms with Gasteiger partial charge < -0.3 is 15.6 Å². The summed E-state index contributed by atoms with van der Waals surface area (Å²) in [5, 5.41) is 9.80. The van der Waals surface area contributed by atoms with E-state index in [1.54, 1.807) is 0 Å². The summed E-state index contributed by atoms with van der Waals surface area (Å²) in [5.74, 6) is 0.0800. The summed E-state index contributed by atoms with van der Waals surface area (Å²) in [6.45, 7) is 3.67. The molecule has 2 atom stereocenters. The van der Waals surface area contributed by atoms with Crippen LogP contribution in [0.15, 0.2) is 18.2 Å². The number of aliphatic hydroxyl groups excluding tert-OH is 1. The van der Waals surface area contributed by atoms with Crippen molar-refractivity contribution in [2.24, 2.45) is 11.7 Å². The van der Waals surface area contributed by atoms with Crippen LogP contribution in [0.4, 0.5) is 4.39 Å². The van der Waals surface area contributed by atoms with Crippen LogP contribution in [0.3, 0.4) is 0 Å². The third-order valence-electron chi connectivity index (χ3n) is 2.61. The van der Waals surface area contributed by atoms with E-state index in [0.717, 1.165) is 0 Å². The van der Waals surface area contributed by atoms with Crippen LogP contribution in [-0.2, 0) is 0 Å². The Morgan fingerprint density at radius 3 is 2.41 bits per heavy atom. The molecule has 0 saturated carbocycles. The van der Waals surface area contributed by atoms with E-state index in [0.29, 0.717) is 5.75 Å². The van der Waals surface area contributed by atoms with Gasteiger partial charge in [-0.25, -0.2) is 4.39 Å². The van der Waals surface area contributed by atoms with Crippen molar-refractivity contribution in [3.63, 3.8) is 0 Å². The van der Waals surface area contributed by atoms with Gasteiger partial charge >= 0.3 is 0 Å². The van der Waals surface area contributed by atoms with E-state index in [1.807, 2.05) is 13.8 Å². The quantitative estimate of drug-likeness (QED) is 0.876. The molecule has 0 aliphatic rings. The first-order chi connectivity index (χ1) is 7.47. The van der Waals surface area contributed by atoms with Crippen LogP contribution in [0.1, 0.15) is 25.5 Å². The standard InChI is InChI=1S/C12H18FNO2.ClH/c1-7(2)12(15)11(14)9-6-8(16-3)4-5-10(9)13;/h4-7,11-12,15H,14H2,1-3H3;1H/t11-,12+;/m1./s1. The molecule has 0 saturated heterocycles. The summed E-state index contributed by atoms with van der Waals surface area (Å²) in [5.41, 5.74) is 6.10. The van der Waals surface area contributed by atoms with E-state index in [4.69, 9.17) is 10.5 Å². The lowest BCUT2D eigenvalue weighted by Gasteiger charge is -2.23. The van der Waals surface area contributed by atoms with E-state index in [9.17, 15) is 9.50 Å². The van der Waals surface area contributed by atoms with Crippen molar-refractivity contribution < 1.29 is 14.2 Å². The number of hydrogen-bond acceptors (Lipinski definition) is 3. The number of benzene rings is 1. The van der Waals surface area contributed by atoms with E-state index >= 15 is 0 Å². The maximum atomic E-state index is 13.5. The monoisotopic (exact) mass is 263 g/mol. The second-order valence-electron chi connectivity index (χ2n) is 4.15. The highest BCUT2D eigenvalue weighted by molar-refractivity contribution is 5.85. The lowest BCUT2D eigenvalue weighted by atomic mass is 9.94. The van der Waals surface area contributed by atoms with Gasteiger partial charge in [0.15, 0.2) is 0 Å². The molecule has 0 amide bonds. The molecule has 0 aromatic heterocycles. The Balaban J connectivity index is 0.00000256. The van der Waals surface area contributed by atoms with Crippen molar-refractivity contribution >= 4 is 12.4 Å². The molecule has 98 valence electrons. The van der Waals surface area contributed by atoms with Crippen LogP contribution in [0.2, 0.25) is 0 Å². The van der Waals surface area contributed by atoms with Gasteiger partial charge in [0, 0.05) is 5.56 Å². The largest absolute Gasteiger partial charge is 0.497 e. The summed E-state index contributed by atoms with van der Waals surface area (Å²) >= 11 is 0. The lowest BCUT2D eigenvalue weighted by molar-refractivity contribution is 0.0965. The zero-order valence-electron chi connectivity index (χ0n) is 10.2. The molecule has 0 radical (unpaired) electrons. The van der Waals surface area contributed by atoms with Gasteiger partial charge in [0.05, 0.1) is 19.3 Å². The van der Waals surface area contributed by atoms with Crippen molar-refractivity contribution in [1.29, 1.82) is 0 Å². The molecule has 0 bridgehead atoms. The smallest absolute Gasteiger partial charge is 0.128 e. The fourth-order valence-corrected chi connectivity index (χ4v) is 1.50. The molecular formula is C12H19ClFNO2. The fraction of sp³-hybridized carbons (Fsp3) is 0.500. The minimum absolute atomic E-state index is 0. The highest BCUT2D eigenvalue weighted by atomic mass is 35.5. The molecule has 0 fully saturated rings. The van der Waals surface area contributed by atoms with Crippen molar-refractivity contribution in [3.8, 4) is 5.75 Å². The number of halogens is 2. The molecule has 5 heteroatoms. The van der Waals surface area contributed by atoms with Crippen LogP contribution in [0, 0.1) is 11.7 Å². The van der Waals surface area contributed by atoms with Gasteiger partial charge in [0.1, 0.15) is 11.6 Å². The summed E-state index contributed by atoms with van der Waals surface area (Å²) in [4.78, 5) is 0. The number of aliphatic hydroxyl groups is 1. The van der Waals surface area contributed by atoms with Crippen molar-refractivity contribution in [1.82, 2.24) is 0 Å². The third kappa shape index (κ3) is 3.84. The molecule has 0 unspecified atom stereocenters. The van der Waals surface area contributed by atoms with Gasteiger partial charge in [-0.2, -0.15) is 0 Å². The van der Waals surface area contributed by atoms with E-state index in [2.05, 4.69) is 0 Å².